The Morgan fingerprint density at radius 3 is 2.56 bits per heavy atom. The molecule has 0 bridgehead atoms. The van der Waals surface area contributed by atoms with E-state index in [-0.39, 0.29) is 0 Å². The van der Waals surface area contributed by atoms with Crippen molar-refractivity contribution in [3.8, 4) is 5.75 Å². The van der Waals surface area contributed by atoms with Crippen molar-refractivity contribution in [2.75, 3.05) is 33.4 Å². The molecule has 2 N–H and O–H groups in total. The summed E-state index contributed by atoms with van der Waals surface area (Å²) in [5, 5.41) is 3.20. The van der Waals surface area contributed by atoms with Gasteiger partial charge in [0.1, 0.15) is 18.9 Å². The largest absolute Gasteiger partial charge is 0.488 e. The fourth-order valence-corrected chi connectivity index (χ4v) is 1.46. The second-order valence-corrected chi connectivity index (χ2v) is 4.10. The lowest BCUT2D eigenvalue weighted by Crippen LogP contribution is -2.86. The standard InChI is InChI=1S/C11H15Cl2NO2/c1-15-6-4-14-5-7-16-9-2-3-10(12)11(13)8-9/h2-3,8,14H,4-7H2,1H3/p+1. The first-order valence-electron chi connectivity index (χ1n) is 5.12. The molecule has 0 saturated heterocycles. The van der Waals surface area contributed by atoms with Gasteiger partial charge in [0.15, 0.2) is 0 Å². The van der Waals surface area contributed by atoms with Gasteiger partial charge in [-0.1, -0.05) is 23.2 Å². The van der Waals surface area contributed by atoms with Crippen molar-refractivity contribution in [2.45, 2.75) is 0 Å². The fourth-order valence-electron chi connectivity index (χ4n) is 1.17. The Morgan fingerprint density at radius 1 is 1.12 bits per heavy atom. The normalized spacial score (nSPS) is 10.4. The molecule has 5 heteroatoms. The Morgan fingerprint density at radius 2 is 1.88 bits per heavy atom. The molecule has 3 nitrogen and oxygen atoms in total. The highest BCUT2D eigenvalue weighted by molar-refractivity contribution is 6.42. The van der Waals surface area contributed by atoms with Crippen molar-refractivity contribution < 1.29 is 14.8 Å². The van der Waals surface area contributed by atoms with Gasteiger partial charge in [-0.2, -0.15) is 0 Å². The van der Waals surface area contributed by atoms with Gasteiger partial charge in [-0.3, -0.25) is 0 Å². The molecule has 90 valence electrons. The van der Waals surface area contributed by atoms with Gasteiger partial charge >= 0.3 is 0 Å². The van der Waals surface area contributed by atoms with Gasteiger partial charge < -0.3 is 14.8 Å². The predicted octanol–water partition coefficient (Wildman–Crippen LogP) is 1.58. The Hall–Kier alpha value is -0.480. The molecule has 0 atom stereocenters. The molecular weight excluding hydrogens is 249 g/mol. The molecule has 0 aromatic heterocycles. The highest BCUT2D eigenvalue weighted by atomic mass is 35.5. The second-order valence-electron chi connectivity index (χ2n) is 3.28. The molecule has 1 aromatic rings. The number of quaternary nitrogens is 1. The molecule has 0 aliphatic rings. The fraction of sp³-hybridized carbons (Fsp3) is 0.455. The topological polar surface area (TPSA) is 35.1 Å². The summed E-state index contributed by atoms with van der Waals surface area (Å²) in [7, 11) is 1.69. The van der Waals surface area contributed by atoms with E-state index in [0.29, 0.717) is 16.7 Å². The zero-order valence-electron chi connectivity index (χ0n) is 9.21. The minimum absolute atomic E-state index is 0.516. The molecule has 0 amide bonds. The van der Waals surface area contributed by atoms with E-state index in [9.17, 15) is 0 Å². The molecule has 1 rings (SSSR count). The maximum atomic E-state index is 5.86. The summed E-state index contributed by atoms with van der Waals surface area (Å²) in [6, 6.07) is 5.26. The lowest BCUT2D eigenvalue weighted by atomic mass is 10.3. The van der Waals surface area contributed by atoms with Crippen LogP contribution in [0.2, 0.25) is 10.0 Å². The van der Waals surface area contributed by atoms with E-state index in [2.05, 4.69) is 5.32 Å². The van der Waals surface area contributed by atoms with Gasteiger partial charge in [0.2, 0.25) is 0 Å². The van der Waals surface area contributed by atoms with E-state index in [0.717, 1.165) is 25.4 Å². The summed E-state index contributed by atoms with van der Waals surface area (Å²) in [4.78, 5) is 0. The Bertz CT molecular complexity index is 321. The monoisotopic (exact) mass is 264 g/mol. The SMILES string of the molecule is COCC[NH2+]CCOc1ccc(Cl)c(Cl)c1. The summed E-state index contributed by atoms with van der Waals surface area (Å²) in [5.41, 5.74) is 0. The number of methoxy groups -OCH3 is 1. The lowest BCUT2D eigenvalue weighted by Gasteiger charge is -2.06. The van der Waals surface area contributed by atoms with Gasteiger partial charge in [0.05, 0.1) is 23.2 Å². The van der Waals surface area contributed by atoms with Crippen molar-refractivity contribution in [1.82, 2.24) is 0 Å². The molecule has 0 unspecified atom stereocenters. The van der Waals surface area contributed by atoms with E-state index in [1.165, 1.54) is 0 Å². The first-order chi connectivity index (χ1) is 7.74. The van der Waals surface area contributed by atoms with Crippen LogP contribution in [-0.4, -0.2) is 33.4 Å². The van der Waals surface area contributed by atoms with Crippen LogP contribution in [0.4, 0.5) is 0 Å². The predicted molar refractivity (Wildman–Crippen MR) is 65.5 cm³/mol. The van der Waals surface area contributed by atoms with Gasteiger partial charge in [0, 0.05) is 13.2 Å². The molecule has 0 fully saturated rings. The molecule has 0 aliphatic heterocycles. The summed E-state index contributed by atoms with van der Waals surface area (Å²) in [6.07, 6.45) is 0. The quantitative estimate of drug-likeness (QED) is 0.760. The van der Waals surface area contributed by atoms with Gasteiger partial charge in [-0.15, -0.1) is 0 Å². The maximum absolute atomic E-state index is 5.86. The van der Waals surface area contributed by atoms with Crippen molar-refractivity contribution in [1.29, 1.82) is 0 Å². The van der Waals surface area contributed by atoms with Crippen molar-refractivity contribution >= 4 is 23.2 Å². The number of hydrogen-bond donors (Lipinski definition) is 1. The van der Waals surface area contributed by atoms with Crippen LogP contribution in [0.15, 0.2) is 18.2 Å². The Kier molecular flexibility index (Phi) is 6.57. The molecular formula is C11H16Cl2NO2+. The summed E-state index contributed by atoms with van der Waals surface area (Å²) >= 11 is 11.7. The number of hydrogen-bond acceptors (Lipinski definition) is 2. The van der Waals surface area contributed by atoms with Crippen molar-refractivity contribution in [3.63, 3.8) is 0 Å². The zero-order chi connectivity index (χ0) is 11.8. The van der Waals surface area contributed by atoms with Crippen LogP contribution in [0, 0.1) is 0 Å². The average molecular weight is 265 g/mol. The maximum Gasteiger partial charge on any atom is 0.137 e. The van der Waals surface area contributed by atoms with Crippen LogP contribution in [-0.2, 0) is 4.74 Å². The Balaban J connectivity index is 2.19. The minimum atomic E-state index is 0.516. The van der Waals surface area contributed by atoms with Crippen LogP contribution >= 0.6 is 23.2 Å². The third kappa shape index (κ3) is 5.03. The van der Waals surface area contributed by atoms with Crippen LogP contribution in [0.3, 0.4) is 0 Å². The molecule has 1 aromatic carbocycles. The average Bonchev–Trinajstić information content (AvgIpc) is 2.28. The van der Waals surface area contributed by atoms with Gasteiger partial charge in [0.25, 0.3) is 0 Å². The highest BCUT2D eigenvalue weighted by Gasteiger charge is 2.00. The van der Waals surface area contributed by atoms with Crippen molar-refractivity contribution in [2.24, 2.45) is 0 Å². The molecule has 16 heavy (non-hydrogen) atoms. The molecule has 0 saturated carbocycles. The molecule has 0 spiro atoms. The van der Waals surface area contributed by atoms with Crippen LogP contribution in [0.5, 0.6) is 5.75 Å². The van der Waals surface area contributed by atoms with Crippen LogP contribution in [0.25, 0.3) is 0 Å². The molecule has 0 aliphatic carbocycles. The first kappa shape index (κ1) is 13.6. The van der Waals surface area contributed by atoms with E-state index in [4.69, 9.17) is 32.7 Å². The van der Waals surface area contributed by atoms with E-state index in [1.807, 2.05) is 6.07 Å². The third-order valence-corrected chi connectivity index (χ3v) is 2.75. The van der Waals surface area contributed by atoms with E-state index >= 15 is 0 Å². The first-order valence-corrected chi connectivity index (χ1v) is 5.88. The minimum Gasteiger partial charge on any atom is -0.488 e. The highest BCUT2D eigenvalue weighted by Crippen LogP contribution is 2.26. The Labute approximate surface area is 106 Å². The third-order valence-electron chi connectivity index (χ3n) is 2.01. The molecule has 0 heterocycles. The summed E-state index contributed by atoms with van der Waals surface area (Å²) in [6.45, 7) is 3.24. The smallest absolute Gasteiger partial charge is 0.137 e. The van der Waals surface area contributed by atoms with Crippen molar-refractivity contribution in [3.05, 3.63) is 28.2 Å². The molecule has 0 radical (unpaired) electrons. The zero-order valence-corrected chi connectivity index (χ0v) is 10.7. The van der Waals surface area contributed by atoms with E-state index < -0.39 is 0 Å². The summed E-state index contributed by atoms with van der Waals surface area (Å²) in [5.74, 6) is 0.745. The number of benzene rings is 1. The number of rotatable bonds is 7. The van der Waals surface area contributed by atoms with Crippen LogP contribution < -0.4 is 10.1 Å². The number of nitrogens with two attached hydrogens (primary N) is 1. The lowest BCUT2D eigenvalue weighted by molar-refractivity contribution is -0.656. The van der Waals surface area contributed by atoms with Crippen LogP contribution in [0.1, 0.15) is 0 Å². The number of halogens is 2. The second kappa shape index (κ2) is 7.74. The van der Waals surface area contributed by atoms with E-state index in [1.54, 1.807) is 19.2 Å². The van der Waals surface area contributed by atoms with Gasteiger partial charge in [-0.25, -0.2) is 0 Å². The number of ether oxygens (including phenoxy) is 2. The van der Waals surface area contributed by atoms with Gasteiger partial charge in [-0.05, 0) is 12.1 Å². The summed E-state index contributed by atoms with van der Waals surface area (Å²) < 4.78 is 10.4.